The van der Waals surface area contributed by atoms with E-state index in [0.29, 0.717) is 6.42 Å². The maximum Gasteiger partial charge on any atom is 0.221 e. The van der Waals surface area contributed by atoms with E-state index in [1.165, 1.54) is 0 Å². The molecular formula is C10H10N2O. The number of nitrogens with one attached hydrogen (secondary N) is 1. The highest BCUT2D eigenvalue weighted by Crippen LogP contribution is 2.14. The maximum absolute atomic E-state index is 10.7. The largest absolute Gasteiger partial charge is 0.369 e. The van der Waals surface area contributed by atoms with Gasteiger partial charge in [0.1, 0.15) is 0 Å². The SMILES string of the molecule is NC(=O)Cc1ccc2[nH]ccc2c1. The Morgan fingerprint density at radius 3 is 3.00 bits per heavy atom. The topological polar surface area (TPSA) is 58.9 Å². The minimum Gasteiger partial charge on any atom is -0.369 e. The average molecular weight is 174 g/mol. The quantitative estimate of drug-likeness (QED) is 0.706. The van der Waals surface area contributed by atoms with E-state index in [-0.39, 0.29) is 5.91 Å². The summed E-state index contributed by atoms with van der Waals surface area (Å²) in [6, 6.07) is 7.80. The molecule has 0 aliphatic carbocycles. The van der Waals surface area contributed by atoms with Gasteiger partial charge in [-0.15, -0.1) is 0 Å². The number of H-pyrrole nitrogens is 1. The lowest BCUT2D eigenvalue weighted by Crippen LogP contribution is -2.13. The molecule has 0 atom stereocenters. The number of fused-ring (bicyclic) bond motifs is 1. The summed E-state index contributed by atoms with van der Waals surface area (Å²) in [5.74, 6) is -0.296. The highest BCUT2D eigenvalue weighted by Gasteiger charge is 1.99. The third-order valence-electron chi connectivity index (χ3n) is 2.00. The Kier molecular flexibility index (Phi) is 1.77. The molecule has 1 aromatic heterocycles. The molecule has 3 nitrogen and oxygen atoms in total. The van der Waals surface area contributed by atoms with Gasteiger partial charge in [0.2, 0.25) is 5.91 Å². The molecule has 3 N–H and O–H groups in total. The molecule has 1 amide bonds. The van der Waals surface area contributed by atoms with Crippen molar-refractivity contribution in [2.45, 2.75) is 6.42 Å². The molecule has 0 fully saturated rings. The second-order valence-electron chi connectivity index (χ2n) is 3.04. The van der Waals surface area contributed by atoms with Crippen LogP contribution >= 0.6 is 0 Å². The molecule has 1 aromatic carbocycles. The Morgan fingerprint density at radius 1 is 1.38 bits per heavy atom. The molecule has 0 saturated carbocycles. The van der Waals surface area contributed by atoms with Crippen molar-refractivity contribution in [3.63, 3.8) is 0 Å². The van der Waals surface area contributed by atoms with Crippen molar-refractivity contribution in [2.75, 3.05) is 0 Å². The fraction of sp³-hybridized carbons (Fsp3) is 0.100. The summed E-state index contributed by atoms with van der Waals surface area (Å²) < 4.78 is 0. The lowest BCUT2D eigenvalue weighted by Gasteiger charge is -1.97. The fourth-order valence-corrected chi connectivity index (χ4v) is 1.41. The number of hydrogen-bond donors (Lipinski definition) is 2. The molecule has 13 heavy (non-hydrogen) atoms. The molecule has 0 saturated heterocycles. The molecule has 1 heterocycles. The van der Waals surface area contributed by atoms with Gasteiger partial charge >= 0.3 is 0 Å². The molecule has 0 bridgehead atoms. The van der Waals surface area contributed by atoms with Crippen LogP contribution in [0.2, 0.25) is 0 Å². The molecular weight excluding hydrogens is 164 g/mol. The van der Waals surface area contributed by atoms with Crippen LogP contribution in [0.3, 0.4) is 0 Å². The maximum atomic E-state index is 10.7. The van der Waals surface area contributed by atoms with Crippen LogP contribution in [0.15, 0.2) is 30.5 Å². The van der Waals surface area contributed by atoms with Gasteiger partial charge < -0.3 is 10.7 Å². The monoisotopic (exact) mass is 174 g/mol. The average Bonchev–Trinajstić information content (AvgIpc) is 2.49. The Balaban J connectivity index is 2.42. The summed E-state index contributed by atoms with van der Waals surface area (Å²) in [6.45, 7) is 0. The number of aromatic amines is 1. The Morgan fingerprint density at radius 2 is 2.23 bits per heavy atom. The van der Waals surface area contributed by atoms with Crippen molar-refractivity contribution in [2.24, 2.45) is 5.73 Å². The molecule has 0 unspecified atom stereocenters. The van der Waals surface area contributed by atoms with Crippen molar-refractivity contribution in [3.05, 3.63) is 36.0 Å². The van der Waals surface area contributed by atoms with E-state index in [2.05, 4.69) is 4.98 Å². The number of carbonyl (C=O) groups is 1. The molecule has 2 aromatic rings. The van der Waals surface area contributed by atoms with Gasteiger partial charge in [0.15, 0.2) is 0 Å². The standard InChI is InChI=1S/C10H10N2O/c11-10(13)6-7-1-2-9-8(5-7)3-4-12-9/h1-5,12H,6H2,(H2,11,13). The van der Waals surface area contributed by atoms with Crippen molar-refractivity contribution >= 4 is 16.8 Å². The smallest absolute Gasteiger partial charge is 0.221 e. The van der Waals surface area contributed by atoms with Crippen LogP contribution in [-0.4, -0.2) is 10.9 Å². The zero-order valence-electron chi connectivity index (χ0n) is 7.08. The van der Waals surface area contributed by atoms with Crippen LogP contribution in [0.1, 0.15) is 5.56 Å². The lowest BCUT2D eigenvalue weighted by atomic mass is 10.1. The van der Waals surface area contributed by atoms with E-state index >= 15 is 0 Å². The number of hydrogen-bond acceptors (Lipinski definition) is 1. The van der Waals surface area contributed by atoms with Crippen LogP contribution in [0, 0.1) is 0 Å². The van der Waals surface area contributed by atoms with Crippen LogP contribution in [-0.2, 0) is 11.2 Å². The highest BCUT2D eigenvalue weighted by atomic mass is 16.1. The van der Waals surface area contributed by atoms with Crippen LogP contribution in [0.25, 0.3) is 10.9 Å². The Bertz CT molecular complexity index is 445. The van der Waals surface area contributed by atoms with Crippen molar-refractivity contribution < 1.29 is 4.79 Å². The van der Waals surface area contributed by atoms with E-state index in [9.17, 15) is 4.79 Å². The number of aromatic nitrogens is 1. The number of carbonyl (C=O) groups excluding carboxylic acids is 1. The first-order valence-corrected chi connectivity index (χ1v) is 4.10. The van der Waals surface area contributed by atoms with Gasteiger partial charge in [-0.2, -0.15) is 0 Å². The Labute approximate surface area is 75.6 Å². The molecule has 66 valence electrons. The zero-order chi connectivity index (χ0) is 9.26. The predicted octanol–water partition coefficient (Wildman–Crippen LogP) is 1.20. The van der Waals surface area contributed by atoms with E-state index < -0.39 is 0 Å². The number of primary amides is 1. The summed E-state index contributed by atoms with van der Waals surface area (Å²) in [6.07, 6.45) is 2.18. The van der Waals surface area contributed by atoms with Crippen molar-refractivity contribution in [3.8, 4) is 0 Å². The highest BCUT2D eigenvalue weighted by molar-refractivity contribution is 5.82. The molecule has 0 aliphatic heterocycles. The molecule has 3 heteroatoms. The predicted molar refractivity (Wildman–Crippen MR) is 51.2 cm³/mol. The third kappa shape index (κ3) is 1.54. The van der Waals surface area contributed by atoms with E-state index in [0.717, 1.165) is 16.5 Å². The third-order valence-corrected chi connectivity index (χ3v) is 2.00. The number of nitrogens with two attached hydrogens (primary N) is 1. The lowest BCUT2D eigenvalue weighted by molar-refractivity contribution is -0.117. The second kappa shape index (κ2) is 2.94. The van der Waals surface area contributed by atoms with E-state index in [4.69, 9.17) is 5.73 Å². The van der Waals surface area contributed by atoms with Crippen LogP contribution in [0.4, 0.5) is 0 Å². The minimum atomic E-state index is -0.296. The van der Waals surface area contributed by atoms with Gasteiger partial charge in [0.05, 0.1) is 6.42 Å². The first-order chi connectivity index (χ1) is 6.25. The zero-order valence-corrected chi connectivity index (χ0v) is 7.08. The summed E-state index contributed by atoms with van der Waals surface area (Å²) >= 11 is 0. The number of amides is 1. The van der Waals surface area contributed by atoms with E-state index in [1.807, 2.05) is 30.5 Å². The summed E-state index contributed by atoms with van der Waals surface area (Å²) in [7, 11) is 0. The summed E-state index contributed by atoms with van der Waals surface area (Å²) in [5, 5.41) is 1.11. The minimum absolute atomic E-state index is 0.296. The number of benzene rings is 1. The van der Waals surface area contributed by atoms with Gasteiger partial charge in [-0.3, -0.25) is 4.79 Å². The summed E-state index contributed by atoms with van der Waals surface area (Å²) in [5.41, 5.74) is 7.13. The van der Waals surface area contributed by atoms with Crippen LogP contribution in [0.5, 0.6) is 0 Å². The summed E-state index contributed by atoms with van der Waals surface area (Å²) in [4.78, 5) is 13.7. The fourth-order valence-electron chi connectivity index (χ4n) is 1.41. The van der Waals surface area contributed by atoms with Gasteiger partial charge in [0.25, 0.3) is 0 Å². The van der Waals surface area contributed by atoms with Crippen molar-refractivity contribution in [1.82, 2.24) is 4.98 Å². The second-order valence-corrected chi connectivity index (χ2v) is 3.04. The normalized spacial score (nSPS) is 10.5. The molecule has 2 rings (SSSR count). The Hall–Kier alpha value is -1.77. The van der Waals surface area contributed by atoms with Gasteiger partial charge in [-0.1, -0.05) is 6.07 Å². The molecule has 0 radical (unpaired) electrons. The van der Waals surface area contributed by atoms with Crippen molar-refractivity contribution in [1.29, 1.82) is 0 Å². The van der Waals surface area contributed by atoms with Gasteiger partial charge in [-0.25, -0.2) is 0 Å². The van der Waals surface area contributed by atoms with Crippen LogP contribution < -0.4 is 5.73 Å². The van der Waals surface area contributed by atoms with Gasteiger partial charge in [-0.05, 0) is 29.1 Å². The first kappa shape index (κ1) is 7.86. The first-order valence-electron chi connectivity index (χ1n) is 4.10. The number of rotatable bonds is 2. The molecule has 0 spiro atoms. The van der Waals surface area contributed by atoms with Gasteiger partial charge in [0, 0.05) is 11.7 Å². The molecule has 0 aliphatic rings. The van der Waals surface area contributed by atoms with E-state index in [1.54, 1.807) is 0 Å².